The second kappa shape index (κ2) is 754. The third-order valence-electron chi connectivity index (χ3n) is 0. The summed E-state index contributed by atoms with van der Waals surface area (Å²) in [4.78, 5) is 0. The van der Waals surface area contributed by atoms with Crippen molar-refractivity contribution in [1.82, 2.24) is 0 Å². The van der Waals surface area contributed by atoms with E-state index in [4.69, 9.17) is 5.25 Å². The third-order valence-corrected chi connectivity index (χ3v) is 0. The summed E-state index contributed by atoms with van der Waals surface area (Å²) in [6.45, 7) is 0. The molecule has 0 saturated heterocycles. The van der Waals surface area contributed by atoms with E-state index in [-0.39, 0.29) is 50.2 Å². The fourth-order valence-electron chi connectivity index (χ4n) is 0. The first-order valence-corrected chi connectivity index (χ1v) is 0.567. The van der Waals surface area contributed by atoms with Gasteiger partial charge in [-0.3, -0.25) is 11.8 Å². The van der Waals surface area contributed by atoms with Crippen LogP contribution in [0, 0.1) is 0 Å². The Morgan fingerprint density at radius 1 is 0.625 bits per heavy atom. The standard InChI is InChI=1S/ClHN.5H2N.Ru/c1-2;;;;;;/h2H;5*1H2;/q6*-1;+6. The molecule has 0 radical (unpaired) electrons. The predicted octanol–water partition coefficient (Wildman–Crippen LogP) is 4.78. The Hall–Kier alpha value is 0.673. The van der Waals surface area contributed by atoms with Gasteiger partial charge in [0.2, 0.25) is 0 Å². The predicted molar refractivity (Wildman–Crippen MR) is 36.6 cm³/mol. The van der Waals surface area contributed by atoms with Crippen LogP contribution in [0.2, 0.25) is 0 Å². The molecule has 0 aromatic carbocycles. The van der Waals surface area contributed by atoms with Crippen molar-refractivity contribution in [2.75, 3.05) is 0 Å². The minimum absolute atomic E-state index is 0. The van der Waals surface area contributed by atoms with E-state index < -0.39 is 0 Å². The van der Waals surface area contributed by atoms with Crippen molar-refractivity contribution in [3.05, 3.63) is 36.0 Å². The molecule has 0 unspecified atom stereocenters. The summed E-state index contributed by atoms with van der Waals surface area (Å²) in [6.07, 6.45) is 0. The molecule has 0 atom stereocenters. The van der Waals surface area contributed by atoms with Gasteiger partial charge in [-0.1, -0.05) is 0 Å². The molecule has 8 heavy (non-hydrogen) atoms. The van der Waals surface area contributed by atoms with E-state index in [2.05, 4.69) is 11.8 Å². The molecule has 0 aliphatic rings. The summed E-state index contributed by atoms with van der Waals surface area (Å²) in [5.41, 5.74) is 0. The van der Waals surface area contributed by atoms with Crippen molar-refractivity contribution < 1.29 is 19.5 Å². The average molecular weight is 232 g/mol. The van der Waals surface area contributed by atoms with E-state index in [0.29, 0.717) is 0 Å². The van der Waals surface area contributed by atoms with Gasteiger partial charge in [0.15, 0.2) is 0 Å². The molecule has 0 aliphatic carbocycles. The topological polar surface area (TPSA) is 191 Å². The zero-order chi connectivity index (χ0) is 2.00. The van der Waals surface area contributed by atoms with Crippen LogP contribution in [0.3, 0.4) is 0 Å². The van der Waals surface area contributed by atoms with Crippen LogP contribution >= 0.6 is 11.8 Å². The van der Waals surface area contributed by atoms with Gasteiger partial charge in [0.05, 0.1) is 0 Å². The van der Waals surface area contributed by atoms with Gasteiger partial charge in [0.1, 0.15) is 0 Å². The van der Waals surface area contributed by atoms with Crippen LogP contribution in [0.4, 0.5) is 0 Å². The number of halogens is 1. The second-order valence-electron chi connectivity index (χ2n) is 0. The Kier molecular flexibility index (Phi) is 17200. The van der Waals surface area contributed by atoms with E-state index in [0.717, 1.165) is 0 Å². The average Bonchev–Trinajstić information content (AvgIpc) is 1.00. The molecule has 0 aliphatic heterocycles. The largest absolute Gasteiger partial charge is 6.00 e. The maximum atomic E-state index is 5.22. The Morgan fingerprint density at radius 2 is 0.625 bits per heavy atom. The molecule has 8 heteroatoms. The third kappa shape index (κ3) is 474. The van der Waals surface area contributed by atoms with Crippen LogP contribution in [0.25, 0.3) is 36.0 Å². The van der Waals surface area contributed by atoms with Gasteiger partial charge in [0.25, 0.3) is 0 Å². The number of hydrogen-bond acceptors (Lipinski definition) is 0. The summed E-state index contributed by atoms with van der Waals surface area (Å²) in [6, 6.07) is 0. The van der Waals surface area contributed by atoms with Crippen LogP contribution < -0.4 is 0 Å². The van der Waals surface area contributed by atoms with Crippen LogP contribution in [0.1, 0.15) is 0 Å². The maximum absolute atomic E-state index is 5.22. The smallest absolute Gasteiger partial charge is 0.693 e. The van der Waals surface area contributed by atoms with Crippen molar-refractivity contribution in [2.45, 2.75) is 0 Å². The van der Waals surface area contributed by atoms with Crippen molar-refractivity contribution in [1.29, 1.82) is 0 Å². The fraction of sp³-hybridized carbons (Fsp3) is 0. The zero-order valence-corrected chi connectivity index (χ0v) is 6.61. The Bertz CT molecular complexity index is 8.49. The van der Waals surface area contributed by atoms with E-state index in [1.54, 1.807) is 0 Å². The van der Waals surface area contributed by atoms with Gasteiger partial charge >= 0.3 is 19.5 Å². The first kappa shape index (κ1) is 182. The Balaban J connectivity index is -0.000000000333. The van der Waals surface area contributed by atoms with Crippen LogP contribution in [-0.4, -0.2) is 0 Å². The number of nitrogens with one attached hydrogen (secondary N) is 1. The van der Waals surface area contributed by atoms with E-state index in [9.17, 15) is 0 Å². The van der Waals surface area contributed by atoms with Crippen molar-refractivity contribution in [3.8, 4) is 0 Å². The van der Waals surface area contributed by atoms with E-state index >= 15 is 0 Å². The maximum Gasteiger partial charge on any atom is 6.00 e. The first-order chi connectivity index (χ1) is 1.00. The molecule has 0 rings (SSSR count). The van der Waals surface area contributed by atoms with Crippen LogP contribution in [0.5, 0.6) is 0 Å². The molecular weight excluding hydrogens is 221 g/mol. The number of nitrogens with two attached hydrogens (primary N) is 5. The Labute approximate surface area is 67.7 Å². The van der Waals surface area contributed by atoms with Gasteiger partial charge < -0.3 is 36.0 Å². The van der Waals surface area contributed by atoms with E-state index in [1.807, 2.05) is 0 Å². The normalized spacial score (nSPS) is 0.750. The zero-order valence-electron chi connectivity index (χ0n) is 4.12. The quantitative estimate of drug-likeness (QED) is 0.518. The molecular formula is H11ClN6Ru. The van der Waals surface area contributed by atoms with Crippen molar-refractivity contribution in [2.24, 2.45) is 0 Å². The molecule has 11 N–H and O–H groups in total. The van der Waals surface area contributed by atoms with Gasteiger partial charge in [-0.15, -0.1) is 0 Å². The molecule has 0 heterocycles. The monoisotopic (exact) mass is 232 g/mol. The number of rotatable bonds is 0. The minimum atomic E-state index is 0. The summed E-state index contributed by atoms with van der Waals surface area (Å²) >= 11 is 3.89. The molecule has 0 aromatic heterocycles. The van der Waals surface area contributed by atoms with Gasteiger partial charge in [0, 0.05) is 0 Å². The summed E-state index contributed by atoms with van der Waals surface area (Å²) < 4.78 is 0. The van der Waals surface area contributed by atoms with Crippen LogP contribution in [-0.2, 0) is 19.5 Å². The SMILES string of the molecule is [NH-]Cl.[NH2-].[NH2-].[NH2-].[NH2-].[NH2-].[Ru+6]. The molecule has 0 aromatic rings. The molecule has 0 amide bonds. The summed E-state index contributed by atoms with van der Waals surface area (Å²) in [7, 11) is 0. The molecule has 56 valence electrons. The van der Waals surface area contributed by atoms with Crippen molar-refractivity contribution >= 4 is 11.8 Å². The second-order valence-corrected chi connectivity index (χ2v) is 0. The summed E-state index contributed by atoms with van der Waals surface area (Å²) in [5, 5.41) is 5.22. The molecule has 0 spiro atoms. The number of hydrogen-bond donors (Lipinski definition) is 0. The van der Waals surface area contributed by atoms with E-state index in [1.165, 1.54) is 0 Å². The van der Waals surface area contributed by atoms with Gasteiger partial charge in [-0.2, -0.15) is 0 Å². The molecule has 6 nitrogen and oxygen atoms in total. The first-order valence-electron chi connectivity index (χ1n) is 0.189. The van der Waals surface area contributed by atoms with Gasteiger partial charge in [-0.05, 0) is 0 Å². The Morgan fingerprint density at radius 3 is 0.625 bits per heavy atom. The van der Waals surface area contributed by atoms with Crippen molar-refractivity contribution in [3.63, 3.8) is 0 Å². The minimum Gasteiger partial charge on any atom is -0.693 e. The molecule has 0 bridgehead atoms. The molecule has 0 saturated carbocycles. The summed E-state index contributed by atoms with van der Waals surface area (Å²) in [5.74, 6) is 0. The molecule has 0 fully saturated rings. The van der Waals surface area contributed by atoms with Gasteiger partial charge in [-0.25, -0.2) is 0 Å². The van der Waals surface area contributed by atoms with Crippen LogP contribution in [0.15, 0.2) is 0 Å². The fourth-order valence-corrected chi connectivity index (χ4v) is 0.